The number of hydrogen-bond acceptors (Lipinski definition) is 8. The molecule has 10 heteroatoms. The molecule has 0 saturated carbocycles. The van der Waals surface area contributed by atoms with Crippen LogP contribution in [-0.2, 0) is 4.79 Å². The van der Waals surface area contributed by atoms with Gasteiger partial charge in [-0.25, -0.2) is 0 Å². The van der Waals surface area contributed by atoms with E-state index in [9.17, 15) is 25.2 Å². The van der Waals surface area contributed by atoms with Gasteiger partial charge in [-0.1, -0.05) is 0 Å². The van der Waals surface area contributed by atoms with Crippen LogP contribution in [0.4, 0.5) is 5.00 Å². The number of carbonyl (C=O) groups excluding carboxylic acids is 1. The van der Waals surface area contributed by atoms with E-state index in [1.165, 1.54) is 11.3 Å². The summed E-state index contributed by atoms with van der Waals surface area (Å²) in [7, 11) is 0. The molecule has 0 bridgehead atoms. The third kappa shape index (κ3) is 3.55. The van der Waals surface area contributed by atoms with E-state index in [4.69, 9.17) is 0 Å². The molecule has 3 rings (SSSR count). The molecule has 0 aliphatic rings. The number of thiophene rings is 2. The Labute approximate surface area is 165 Å². The Morgan fingerprint density at radius 2 is 2.00 bits per heavy atom. The fourth-order valence-corrected chi connectivity index (χ4v) is 5.58. The molecule has 0 unspecified atom stereocenters. The van der Waals surface area contributed by atoms with Crippen molar-refractivity contribution in [2.24, 2.45) is 0 Å². The van der Waals surface area contributed by atoms with Gasteiger partial charge in [0, 0.05) is 10.9 Å². The number of nitriles is 2. The molecular formula is C17H12N4O3S3. The first-order valence-corrected chi connectivity index (χ1v) is 10.2. The largest absolute Gasteiger partial charge is 0.506 e. The molecule has 0 atom stereocenters. The number of aromatic hydroxyl groups is 1. The van der Waals surface area contributed by atoms with Crippen LogP contribution in [0.3, 0.4) is 0 Å². The van der Waals surface area contributed by atoms with Crippen LogP contribution in [0.5, 0.6) is 5.75 Å². The second-order valence-corrected chi connectivity index (χ2v) is 9.02. The topological polar surface area (TPSA) is 130 Å². The zero-order valence-electron chi connectivity index (χ0n) is 14.2. The van der Waals surface area contributed by atoms with Gasteiger partial charge in [0.25, 0.3) is 5.56 Å². The van der Waals surface area contributed by atoms with Crippen LogP contribution in [0.15, 0.2) is 15.1 Å². The minimum absolute atomic E-state index is 0.0212. The number of nitrogens with one attached hydrogen (secondary N) is 2. The monoisotopic (exact) mass is 416 g/mol. The Morgan fingerprint density at radius 3 is 2.67 bits per heavy atom. The molecule has 3 N–H and O–H groups in total. The van der Waals surface area contributed by atoms with Crippen LogP contribution >= 0.6 is 34.4 Å². The van der Waals surface area contributed by atoms with E-state index in [2.05, 4.69) is 16.4 Å². The summed E-state index contributed by atoms with van der Waals surface area (Å²) in [4.78, 5) is 27.3. The summed E-state index contributed by atoms with van der Waals surface area (Å²) in [5.41, 5.74) is 1.29. The molecular weight excluding hydrogens is 404 g/mol. The number of thioether (sulfide) groups is 1. The maximum Gasteiger partial charge on any atom is 0.252 e. The quantitative estimate of drug-likeness (QED) is 0.559. The van der Waals surface area contributed by atoms with Crippen LogP contribution in [0.1, 0.15) is 21.6 Å². The van der Waals surface area contributed by atoms with E-state index in [1.54, 1.807) is 0 Å². The number of amides is 1. The highest BCUT2D eigenvalue weighted by molar-refractivity contribution is 8.02. The number of hydrogen-bond donors (Lipinski definition) is 3. The van der Waals surface area contributed by atoms with Crippen LogP contribution < -0.4 is 10.9 Å². The van der Waals surface area contributed by atoms with Gasteiger partial charge in [-0.05, 0) is 19.4 Å². The minimum atomic E-state index is -0.504. The second kappa shape index (κ2) is 7.45. The third-order valence-corrected chi connectivity index (χ3v) is 7.43. The van der Waals surface area contributed by atoms with E-state index in [-0.39, 0.29) is 28.5 Å². The average molecular weight is 417 g/mol. The molecule has 0 saturated heterocycles. The van der Waals surface area contributed by atoms with Gasteiger partial charge in [0.1, 0.15) is 28.5 Å². The highest BCUT2D eigenvalue weighted by atomic mass is 32.2. The highest BCUT2D eigenvalue weighted by Gasteiger charge is 2.19. The van der Waals surface area contributed by atoms with Crippen LogP contribution in [0, 0.1) is 36.5 Å². The van der Waals surface area contributed by atoms with Crippen LogP contribution in [0.25, 0.3) is 10.2 Å². The van der Waals surface area contributed by atoms with Gasteiger partial charge in [0.15, 0.2) is 0 Å². The average Bonchev–Trinajstić information content (AvgIpc) is 3.10. The first-order valence-electron chi connectivity index (χ1n) is 7.57. The van der Waals surface area contributed by atoms with Gasteiger partial charge in [0.05, 0.1) is 25.7 Å². The molecule has 3 heterocycles. The SMILES string of the molecule is Cc1sc(NC(=O)CSc2sc3c(O)cc(=O)[nH]c3c2C#N)c(C#N)c1C. The van der Waals surface area contributed by atoms with Gasteiger partial charge < -0.3 is 15.4 Å². The van der Waals surface area contributed by atoms with Gasteiger partial charge >= 0.3 is 0 Å². The van der Waals surface area contributed by atoms with Gasteiger partial charge in [-0.2, -0.15) is 10.5 Å². The Balaban J connectivity index is 1.81. The van der Waals surface area contributed by atoms with Crippen molar-refractivity contribution in [3.05, 3.63) is 38.0 Å². The molecule has 7 nitrogen and oxygen atoms in total. The summed E-state index contributed by atoms with van der Waals surface area (Å²) in [6.07, 6.45) is 0. The summed E-state index contributed by atoms with van der Waals surface area (Å²) in [5, 5.41) is 31.8. The van der Waals surface area contributed by atoms with E-state index < -0.39 is 5.56 Å². The summed E-state index contributed by atoms with van der Waals surface area (Å²) in [5.74, 6) is -0.487. The van der Waals surface area contributed by atoms with Crippen molar-refractivity contribution in [1.82, 2.24) is 4.98 Å². The summed E-state index contributed by atoms with van der Waals surface area (Å²) >= 11 is 3.62. The van der Waals surface area contributed by atoms with Crippen molar-refractivity contribution < 1.29 is 9.90 Å². The number of carbonyl (C=O) groups is 1. The number of aromatic nitrogens is 1. The summed E-state index contributed by atoms with van der Waals surface area (Å²) in [6, 6.07) is 5.16. The standard InChI is InChI=1S/C17H12N4O3S3/c1-7-8(2)26-16(9(7)4-18)21-13(24)6-25-17-10(5-19)14-15(27-17)11(22)3-12(23)20-14/h3H,6H2,1-2H3,(H,21,24)(H2,20,22,23). The Kier molecular flexibility index (Phi) is 5.24. The minimum Gasteiger partial charge on any atom is -0.506 e. The Morgan fingerprint density at radius 1 is 1.30 bits per heavy atom. The molecule has 0 radical (unpaired) electrons. The lowest BCUT2D eigenvalue weighted by Gasteiger charge is -2.02. The van der Waals surface area contributed by atoms with Crippen molar-refractivity contribution in [3.63, 3.8) is 0 Å². The number of fused-ring (bicyclic) bond motifs is 1. The number of H-pyrrole nitrogens is 1. The number of pyridine rings is 1. The fraction of sp³-hybridized carbons (Fsp3) is 0.176. The van der Waals surface area contributed by atoms with E-state index in [0.717, 1.165) is 39.6 Å². The van der Waals surface area contributed by atoms with E-state index in [0.29, 0.717) is 19.5 Å². The molecule has 3 aromatic heterocycles. The lowest BCUT2D eigenvalue weighted by atomic mass is 10.2. The zero-order valence-corrected chi connectivity index (χ0v) is 16.6. The molecule has 0 aliphatic heterocycles. The van der Waals surface area contributed by atoms with Gasteiger partial charge in [0.2, 0.25) is 5.91 Å². The Bertz CT molecular complexity index is 1210. The fourth-order valence-electron chi connectivity index (χ4n) is 2.41. The predicted octanol–water partition coefficient (Wildman–Crippen LogP) is 3.45. The van der Waals surface area contributed by atoms with Crippen molar-refractivity contribution in [1.29, 1.82) is 10.5 Å². The number of nitrogens with zero attached hydrogens (tertiary/aromatic N) is 2. The molecule has 1 amide bonds. The maximum absolute atomic E-state index is 12.3. The van der Waals surface area contributed by atoms with Gasteiger partial charge in [-0.15, -0.1) is 34.4 Å². The Hall–Kier alpha value is -2.79. The maximum atomic E-state index is 12.3. The molecule has 27 heavy (non-hydrogen) atoms. The lowest BCUT2D eigenvalue weighted by Crippen LogP contribution is -2.13. The molecule has 0 fully saturated rings. The van der Waals surface area contributed by atoms with E-state index >= 15 is 0 Å². The number of anilines is 1. The highest BCUT2D eigenvalue weighted by Crippen LogP contribution is 2.40. The normalized spacial score (nSPS) is 10.5. The summed E-state index contributed by atoms with van der Waals surface area (Å²) in [6.45, 7) is 3.72. The van der Waals surface area contributed by atoms with Crippen molar-refractivity contribution >= 4 is 55.6 Å². The van der Waals surface area contributed by atoms with Gasteiger partial charge in [-0.3, -0.25) is 9.59 Å². The van der Waals surface area contributed by atoms with Crippen molar-refractivity contribution in [2.75, 3.05) is 11.1 Å². The third-order valence-electron chi connectivity index (χ3n) is 3.82. The van der Waals surface area contributed by atoms with Crippen molar-refractivity contribution in [2.45, 2.75) is 18.1 Å². The molecule has 0 spiro atoms. The lowest BCUT2D eigenvalue weighted by molar-refractivity contribution is -0.113. The predicted molar refractivity (Wildman–Crippen MR) is 107 cm³/mol. The molecule has 136 valence electrons. The van der Waals surface area contributed by atoms with Crippen LogP contribution in [-0.4, -0.2) is 21.8 Å². The first-order chi connectivity index (χ1) is 12.8. The smallest absolute Gasteiger partial charge is 0.252 e. The molecule has 3 aromatic rings. The summed E-state index contributed by atoms with van der Waals surface area (Å²) < 4.78 is 0.921. The van der Waals surface area contributed by atoms with Crippen molar-refractivity contribution in [3.8, 4) is 17.9 Å². The molecule has 0 aliphatic carbocycles. The zero-order chi connectivity index (χ0) is 19.7. The number of rotatable bonds is 4. The number of aromatic amines is 1. The second-order valence-electron chi connectivity index (χ2n) is 5.54. The first kappa shape index (κ1) is 19.0. The van der Waals surface area contributed by atoms with E-state index in [1.807, 2.05) is 19.9 Å². The molecule has 0 aromatic carbocycles. The van der Waals surface area contributed by atoms with Crippen LogP contribution in [0.2, 0.25) is 0 Å². The number of aryl methyl sites for hydroxylation is 1.